The summed E-state index contributed by atoms with van der Waals surface area (Å²) in [7, 11) is -1.87. The van der Waals surface area contributed by atoms with Crippen molar-refractivity contribution in [1.29, 1.82) is 0 Å². The highest BCUT2D eigenvalue weighted by Gasteiger charge is 2.11. The fraction of sp³-hybridized carbons (Fsp3) is 0.273. The Labute approximate surface area is 121 Å². The molecule has 0 atom stereocenters. The van der Waals surface area contributed by atoms with Crippen LogP contribution in [0.2, 0.25) is 5.02 Å². The third-order valence-electron chi connectivity index (χ3n) is 2.70. The van der Waals surface area contributed by atoms with E-state index in [1.165, 1.54) is 13.2 Å². The predicted octanol–water partition coefficient (Wildman–Crippen LogP) is 1.29. The minimum Gasteiger partial charge on any atom is -0.339 e. The lowest BCUT2D eigenvalue weighted by Gasteiger charge is -2.11. The van der Waals surface area contributed by atoms with Gasteiger partial charge >= 0.3 is 0 Å². The molecule has 0 fully saturated rings. The van der Waals surface area contributed by atoms with Gasteiger partial charge in [-0.05, 0) is 37.2 Å². The summed E-state index contributed by atoms with van der Waals surface area (Å²) in [6.45, 7) is 0. The van der Waals surface area contributed by atoms with Gasteiger partial charge < -0.3 is 5.32 Å². The number of aromatic nitrogens is 3. The molecule has 0 saturated heterocycles. The van der Waals surface area contributed by atoms with Crippen LogP contribution in [0.1, 0.15) is 5.56 Å². The first kappa shape index (κ1) is 14.8. The Hall–Kier alpha value is -1.64. The van der Waals surface area contributed by atoms with Crippen molar-refractivity contribution in [3.05, 3.63) is 35.0 Å². The van der Waals surface area contributed by atoms with E-state index in [0.29, 0.717) is 17.3 Å². The van der Waals surface area contributed by atoms with Crippen LogP contribution in [0.25, 0.3) is 0 Å². The normalized spacial score (nSPS) is 11.5. The fourth-order valence-electron chi connectivity index (χ4n) is 1.64. The molecule has 0 amide bonds. The summed E-state index contributed by atoms with van der Waals surface area (Å²) >= 11 is 5.96. The van der Waals surface area contributed by atoms with Crippen LogP contribution in [-0.4, -0.2) is 36.6 Å². The number of aromatic amines is 1. The van der Waals surface area contributed by atoms with Crippen LogP contribution >= 0.6 is 11.6 Å². The number of aryl methyl sites for hydroxylation is 1. The van der Waals surface area contributed by atoms with Crippen molar-refractivity contribution in [1.82, 2.24) is 20.1 Å². The van der Waals surface area contributed by atoms with Gasteiger partial charge in [-0.1, -0.05) is 16.8 Å². The van der Waals surface area contributed by atoms with Gasteiger partial charge in [0.15, 0.2) is 0 Å². The predicted molar refractivity (Wildman–Crippen MR) is 77.7 cm³/mol. The monoisotopic (exact) mass is 315 g/mol. The quantitative estimate of drug-likeness (QED) is 0.746. The maximum absolute atomic E-state index is 11.5. The molecule has 1 heterocycles. The molecule has 0 spiro atoms. The van der Waals surface area contributed by atoms with Crippen molar-refractivity contribution in [3.8, 4) is 0 Å². The van der Waals surface area contributed by atoms with E-state index in [1.54, 1.807) is 18.2 Å². The minimum atomic E-state index is -3.26. The highest BCUT2D eigenvalue weighted by Crippen LogP contribution is 2.24. The van der Waals surface area contributed by atoms with E-state index in [0.717, 1.165) is 11.3 Å². The number of anilines is 2. The molecule has 0 aliphatic carbocycles. The Balaban J connectivity index is 2.20. The number of nitrogens with zero attached hydrogens (tertiary/aromatic N) is 2. The smallest absolute Gasteiger partial charge is 0.211 e. The average molecular weight is 316 g/mol. The largest absolute Gasteiger partial charge is 0.339 e. The number of benzene rings is 1. The van der Waals surface area contributed by atoms with Crippen molar-refractivity contribution in [3.63, 3.8) is 0 Å². The summed E-state index contributed by atoms with van der Waals surface area (Å²) in [6, 6.07) is 5.24. The van der Waals surface area contributed by atoms with Gasteiger partial charge in [0.2, 0.25) is 10.0 Å². The molecule has 1 aromatic heterocycles. The summed E-state index contributed by atoms with van der Waals surface area (Å²) in [6.07, 6.45) is 1.87. The highest BCUT2D eigenvalue weighted by molar-refractivity contribution is 7.89. The first-order valence-corrected chi connectivity index (χ1v) is 7.86. The third kappa shape index (κ3) is 3.92. The summed E-state index contributed by atoms with van der Waals surface area (Å²) in [5.41, 5.74) is 1.55. The van der Waals surface area contributed by atoms with Crippen LogP contribution in [0.15, 0.2) is 24.4 Å². The number of rotatable bonds is 6. The Morgan fingerprint density at radius 1 is 1.40 bits per heavy atom. The van der Waals surface area contributed by atoms with E-state index in [9.17, 15) is 8.42 Å². The molecule has 20 heavy (non-hydrogen) atoms. The molecule has 3 N–H and O–H groups in total. The van der Waals surface area contributed by atoms with E-state index in [-0.39, 0.29) is 5.75 Å². The van der Waals surface area contributed by atoms with Crippen molar-refractivity contribution in [2.24, 2.45) is 0 Å². The van der Waals surface area contributed by atoms with E-state index < -0.39 is 10.0 Å². The lowest BCUT2D eigenvalue weighted by atomic mass is 10.1. The van der Waals surface area contributed by atoms with Crippen molar-refractivity contribution in [2.45, 2.75) is 6.42 Å². The maximum Gasteiger partial charge on any atom is 0.211 e. The van der Waals surface area contributed by atoms with Gasteiger partial charge in [0.05, 0.1) is 11.9 Å². The van der Waals surface area contributed by atoms with E-state index in [1.807, 2.05) is 0 Å². The lowest BCUT2D eigenvalue weighted by Crippen LogP contribution is -2.23. The molecule has 1 aromatic carbocycles. The summed E-state index contributed by atoms with van der Waals surface area (Å²) in [4.78, 5) is 0. The Kier molecular flexibility index (Phi) is 4.58. The van der Waals surface area contributed by atoms with Crippen molar-refractivity contribution in [2.75, 3.05) is 18.1 Å². The number of sulfonamides is 1. The summed E-state index contributed by atoms with van der Waals surface area (Å²) in [5.74, 6) is 0.602. The average Bonchev–Trinajstić information content (AvgIpc) is 2.92. The number of H-pyrrole nitrogens is 1. The second-order valence-corrected chi connectivity index (χ2v) is 6.55. The van der Waals surface area contributed by atoms with Crippen LogP contribution in [0.5, 0.6) is 0 Å². The first-order chi connectivity index (χ1) is 9.50. The first-order valence-electron chi connectivity index (χ1n) is 5.83. The second-order valence-electron chi connectivity index (χ2n) is 4.07. The molecule has 108 valence electrons. The van der Waals surface area contributed by atoms with E-state index >= 15 is 0 Å². The van der Waals surface area contributed by atoms with Crippen molar-refractivity contribution >= 4 is 33.1 Å². The van der Waals surface area contributed by atoms with E-state index in [4.69, 9.17) is 11.6 Å². The number of hydrogen-bond donors (Lipinski definition) is 3. The zero-order chi connectivity index (χ0) is 14.6. The Bertz CT molecular complexity index is 672. The maximum atomic E-state index is 11.5. The lowest BCUT2D eigenvalue weighted by molar-refractivity contribution is 0.587. The standard InChI is InChI=1S/C11H14ClN5O2S/c1-13-20(18,19)5-4-8-6-9(12)2-3-10(8)15-11-7-14-17-16-11/h2-3,6-7,13H,4-5H2,1H3,(H2,14,15,16,17). The summed E-state index contributed by atoms with van der Waals surface area (Å²) < 4.78 is 25.3. The summed E-state index contributed by atoms with van der Waals surface area (Å²) in [5, 5.41) is 13.6. The van der Waals surface area contributed by atoms with Crippen LogP contribution in [-0.2, 0) is 16.4 Å². The van der Waals surface area contributed by atoms with Crippen LogP contribution in [0, 0.1) is 0 Å². The van der Waals surface area contributed by atoms with Crippen LogP contribution < -0.4 is 10.0 Å². The van der Waals surface area contributed by atoms with Gasteiger partial charge in [0, 0.05) is 10.7 Å². The molecule has 0 aliphatic rings. The molecule has 2 aromatic rings. The highest BCUT2D eigenvalue weighted by atomic mass is 35.5. The molecule has 7 nitrogen and oxygen atoms in total. The molecule has 0 radical (unpaired) electrons. The number of nitrogens with one attached hydrogen (secondary N) is 3. The SMILES string of the molecule is CNS(=O)(=O)CCc1cc(Cl)ccc1Nc1cnn[nH]1. The van der Waals surface area contributed by atoms with Gasteiger partial charge in [0.1, 0.15) is 5.82 Å². The van der Waals surface area contributed by atoms with Gasteiger partial charge in [-0.2, -0.15) is 0 Å². The molecular weight excluding hydrogens is 302 g/mol. The molecule has 0 unspecified atom stereocenters. The fourth-order valence-corrected chi connectivity index (χ4v) is 2.53. The van der Waals surface area contributed by atoms with Gasteiger partial charge in [0.25, 0.3) is 0 Å². The number of halogens is 1. The molecule has 0 bridgehead atoms. The molecular formula is C11H14ClN5O2S. The second kappa shape index (κ2) is 6.21. The van der Waals surface area contributed by atoms with E-state index in [2.05, 4.69) is 25.4 Å². The van der Waals surface area contributed by atoms with Crippen LogP contribution in [0.3, 0.4) is 0 Å². The molecule has 9 heteroatoms. The zero-order valence-corrected chi connectivity index (χ0v) is 12.3. The van der Waals surface area contributed by atoms with Gasteiger partial charge in [-0.3, -0.25) is 0 Å². The van der Waals surface area contributed by atoms with Gasteiger partial charge in [-0.15, -0.1) is 5.10 Å². The topological polar surface area (TPSA) is 99.8 Å². The molecule has 0 aliphatic heterocycles. The Morgan fingerprint density at radius 2 is 2.20 bits per heavy atom. The van der Waals surface area contributed by atoms with Gasteiger partial charge in [-0.25, -0.2) is 18.2 Å². The number of hydrogen-bond acceptors (Lipinski definition) is 5. The van der Waals surface area contributed by atoms with Crippen LogP contribution in [0.4, 0.5) is 11.5 Å². The molecule has 0 saturated carbocycles. The minimum absolute atomic E-state index is 0.0141. The Morgan fingerprint density at radius 3 is 2.85 bits per heavy atom. The zero-order valence-electron chi connectivity index (χ0n) is 10.7. The third-order valence-corrected chi connectivity index (χ3v) is 4.30. The molecule has 2 rings (SSSR count). The van der Waals surface area contributed by atoms with Crippen molar-refractivity contribution < 1.29 is 8.42 Å².